The van der Waals surface area contributed by atoms with Crippen molar-refractivity contribution in [3.05, 3.63) is 0 Å². The monoisotopic (exact) mass is 1050 g/mol. The number of hydrogen-bond acceptors (Lipinski definition) is 3. The van der Waals surface area contributed by atoms with E-state index in [4.69, 9.17) is 17.2 Å². The lowest BCUT2D eigenvalue weighted by molar-refractivity contribution is -0.171. The van der Waals surface area contributed by atoms with E-state index in [9.17, 15) is 9.59 Å². The van der Waals surface area contributed by atoms with E-state index in [1.807, 2.05) is 0 Å². The lowest BCUT2D eigenvalue weighted by Gasteiger charge is -2.60. The number of carbonyl (C=O) groups is 3. The first-order chi connectivity index (χ1) is 36.5. The predicted molar refractivity (Wildman–Crippen MR) is 329 cm³/mol. The van der Waals surface area contributed by atoms with Crippen LogP contribution in [0.15, 0.2) is 0 Å². The fourth-order valence-corrected chi connectivity index (χ4v) is 14.6. The molecule has 6 heteroatoms. The molecule has 1 rings (SSSR count). The summed E-state index contributed by atoms with van der Waals surface area (Å²) < 4.78 is 0. The van der Waals surface area contributed by atoms with Gasteiger partial charge >= 0.3 is 0 Å². The molecule has 1 fully saturated rings. The largest absolute Gasteiger partial charge is 0.369 e. The highest BCUT2D eigenvalue weighted by Gasteiger charge is 2.65. The maximum atomic E-state index is 15.5. The van der Waals surface area contributed by atoms with Gasteiger partial charge in [-0.1, -0.05) is 350 Å². The molecule has 1 aliphatic rings. The van der Waals surface area contributed by atoms with Gasteiger partial charge in [-0.25, -0.2) is 0 Å². The van der Waals surface area contributed by atoms with Crippen LogP contribution in [0.4, 0.5) is 0 Å². The van der Waals surface area contributed by atoms with Crippen LogP contribution in [0.2, 0.25) is 0 Å². The van der Waals surface area contributed by atoms with E-state index in [0.717, 1.165) is 64.2 Å². The molecule has 0 heterocycles. The van der Waals surface area contributed by atoms with E-state index < -0.39 is 22.7 Å². The third-order valence-corrected chi connectivity index (χ3v) is 19.2. The van der Waals surface area contributed by atoms with E-state index in [-0.39, 0.29) is 17.7 Å². The number of primary amides is 3. The summed E-state index contributed by atoms with van der Waals surface area (Å²) in [5.41, 5.74) is 18.8. The van der Waals surface area contributed by atoms with Crippen LogP contribution in [-0.4, -0.2) is 17.7 Å². The lowest BCUT2D eigenvalue weighted by atomic mass is 9.42. The van der Waals surface area contributed by atoms with Gasteiger partial charge in [0.25, 0.3) is 0 Å². The standard InChI is InChI=1S/C69H135N3O3/c1-7-13-19-25-31-34-40-46-51-60(49-43-37-28-22-16-10-4)56-68(57-61(50-44-38-29-23-17-11-5)52-47-41-35-32-26-20-14-8-2)64(66(71)74)55-63(65(70)73)59-69(68,67(72)75)58-62(53-45-39-30-24-18-12-6)54-48-42-36-33-27-21-15-9-3/h60-64H,7-59H2,1-6H3,(H2,70,73)(H2,71,74)(H2,72,75). The average Bonchev–Trinajstić information content (AvgIpc) is 3.39. The van der Waals surface area contributed by atoms with Gasteiger partial charge in [-0.3, -0.25) is 14.4 Å². The van der Waals surface area contributed by atoms with Gasteiger partial charge in [0.05, 0.1) is 5.41 Å². The molecule has 1 aliphatic carbocycles. The first-order valence-electron chi connectivity index (χ1n) is 34.4. The van der Waals surface area contributed by atoms with Gasteiger partial charge in [0.2, 0.25) is 17.7 Å². The van der Waals surface area contributed by atoms with E-state index >= 15 is 4.79 Å². The molecule has 6 nitrogen and oxygen atoms in total. The second-order valence-corrected chi connectivity index (χ2v) is 25.8. The van der Waals surface area contributed by atoms with Gasteiger partial charge in [0.15, 0.2) is 0 Å². The molecule has 6 unspecified atom stereocenters. The van der Waals surface area contributed by atoms with Crippen LogP contribution in [0.1, 0.15) is 382 Å². The van der Waals surface area contributed by atoms with Gasteiger partial charge in [-0.05, 0) is 55.3 Å². The van der Waals surface area contributed by atoms with Crippen molar-refractivity contribution >= 4 is 17.7 Å². The van der Waals surface area contributed by atoms with Crippen molar-refractivity contribution in [1.29, 1.82) is 0 Å². The minimum atomic E-state index is -1.03. The van der Waals surface area contributed by atoms with Crippen LogP contribution < -0.4 is 17.2 Å². The highest BCUT2D eigenvalue weighted by Crippen LogP contribution is 2.65. The summed E-state index contributed by atoms with van der Waals surface area (Å²) in [6.07, 6.45) is 63.1. The van der Waals surface area contributed by atoms with Gasteiger partial charge in [0, 0.05) is 11.8 Å². The number of unbranched alkanes of at least 4 members (excludes halogenated alkanes) is 36. The maximum Gasteiger partial charge on any atom is 0.224 e. The molecule has 1 saturated carbocycles. The SMILES string of the molecule is CCCCCCCCCCC(CCCCCCCC)CC1(C(N)=O)CC(C(N)=O)CC(C(N)=O)C1(CC(CCCCCCCC)CCCCCCCCCC)CC(CCCCCCCC)CCCCCCCCCC. The van der Waals surface area contributed by atoms with Gasteiger partial charge in [-0.15, -0.1) is 0 Å². The van der Waals surface area contributed by atoms with Crippen molar-refractivity contribution in [3.63, 3.8) is 0 Å². The van der Waals surface area contributed by atoms with E-state index in [0.29, 0.717) is 37.0 Å². The van der Waals surface area contributed by atoms with Gasteiger partial charge in [0.1, 0.15) is 0 Å². The fraction of sp³-hybridized carbons (Fsp3) is 0.957. The molecular weight excluding hydrogens is 919 g/mol. The highest BCUT2D eigenvalue weighted by molar-refractivity contribution is 5.88. The summed E-state index contributed by atoms with van der Waals surface area (Å²) in [6, 6.07) is 0. The van der Waals surface area contributed by atoms with E-state index in [1.54, 1.807) is 0 Å². The van der Waals surface area contributed by atoms with E-state index in [2.05, 4.69) is 41.5 Å². The molecular formula is C69H135N3O3. The molecule has 0 aromatic heterocycles. The minimum Gasteiger partial charge on any atom is -0.369 e. The Morgan fingerprint density at radius 3 is 0.773 bits per heavy atom. The Balaban J connectivity index is 4.11. The Hall–Kier alpha value is -1.59. The number of carbonyl (C=O) groups excluding carboxylic acids is 3. The number of amides is 3. The third-order valence-electron chi connectivity index (χ3n) is 19.2. The van der Waals surface area contributed by atoms with Crippen LogP contribution in [0, 0.1) is 40.4 Å². The Kier molecular flexibility index (Phi) is 46.0. The molecule has 75 heavy (non-hydrogen) atoms. The number of rotatable bonds is 57. The summed E-state index contributed by atoms with van der Waals surface area (Å²) in [4.78, 5) is 44.1. The Morgan fingerprint density at radius 1 is 0.333 bits per heavy atom. The maximum absolute atomic E-state index is 15.5. The Morgan fingerprint density at radius 2 is 0.560 bits per heavy atom. The third kappa shape index (κ3) is 32.3. The predicted octanol–water partition coefficient (Wildman–Crippen LogP) is 21.3. The topological polar surface area (TPSA) is 129 Å². The second kappa shape index (κ2) is 48.3. The van der Waals surface area contributed by atoms with Crippen molar-refractivity contribution in [1.82, 2.24) is 0 Å². The minimum absolute atomic E-state index is 0.264. The smallest absolute Gasteiger partial charge is 0.224 e. The average molecular weight is 1050 g/mol. The zero-order valence-corrected chi connectivity index (χ0v) is 51.8. The second-order valence-electron chi connectivity index (χ2n) is 25.8. The van der Waals surface area contributed by atoms with Gasteiger partial charge in [-0.2, -0.15) is 0 Å². The van der Waals surface area contributed by atoms with Crippen molar-refractivity contribution in [2.45, 2.75) is 382 Å². The van der Waals surface area contributed by atoms with Crippen molar-refractivity contribution in [2.24, 2.45) is 57.6 Å². The highest BCUT2D eigenvalue weighted by atomic mass is 16.2. The molecule has 0 aromatic carbocycles. The zero-order valence-electron chi connectivity index (χ0n) is 51.8. The van der Waals surface area contributed by atoms with Crippen LogP contribution in [0.5, 0.6) is 0 Å². The molecule has 444 valence electrons. The van der Waals surface area contributed by atoms with Gasteiger partial charge < -0.3 is 17.2 Å². The summed E-state index contributed by atoms with van der Waals surface area (Å²) in [6.45, 7) is 13.8. The lowest BCUT2D eigenvalue weighted by Crippen LogP contribution is -2.63. The summed E-state index contributed by atoms with van der Waals surface area (Å²) in [5.74, 6) is -1.11. The van der Waals surface area contributed by atoms with Crippen molar-refractivity contribution in [3.8, 4) is 0 Å². The quantitative estimate of drug-likeness (QED) is 0.0525. The fourth-order valence-electron chi connectivity index (χ4n) is 14.6. The van der Waals surface area contributed by atoms with Crippen LogP contribution in [0.3, 0.4) is 0 Å². The molecule has 0 saturated heterocycles. The molecule has 0 aromatic rings. The van der Waals surface area contributed by atoms with E-state index in [1.165, 1.54) is 257 Å². The molecule has 6 atom stereocenters. The summed E-state index contributed by atoms with van der Waals surface area (Å²) in [7, 11) is 0. The Labute approximate surface area is 469 Å². The molecule has 3 amide bonds. The molecule has 0 aliphatic heterocycles. The van der Waals surface area contributed by atoms with Crippen LogP contribution in [0.25, 0.3) is 0 Å². The van der Waals surface area contributed by atoms with Crippen molar-refractivity contribution in [2.75, 3.05) is 0 Å². The van der Waals surface area contributed by atoms with Crippen LogP contribution in [-0.2, 0) is 14.4 Å². The number of nitrogens with two attached hydrogens (primary N) is 3. The Bertz CT molecular complexity index is 1280. The first kappa shape index (κ1) is 71.4. The molecule has 0 radical (unpaired) electrons. The van der Waals surface area contributed by atoms with Crippen LogP contribution >= 0.6 is 0 Å². The summed E-state index contributed by atoms with van der Waals surface area (Å²) in [5, 5.41) is 0. The molecule has 0 spiro atoms. The zero-order chi connectivity index (χ0) is 55.1. The summed E-state index contributed by atoms with van der Waals surface area (Å²) >= 11 is 0. The van der Waals surface area contributed by atoms with Crippen molar-refractivity contribution < 1.29 is 14.4 Å². The number of hydrogen-bond donors (Lipinski definition) is 3. The molecule has 0 bridgehead atoms. The normalized spacial score (nSPS) is 20.1. The molecule has 6 N–H and O–H groups in total. The first-order valence-corrected chi connectivity index (χ1v) is 34.4.